The Morgan fingerprint density at radius 2 is 1.90 bits per heavy atom. The minimum atomic E-state index is 0.755. The molecule has 0 aromatic carbocycles. The number of nitrogens with zero attached hydrogens (tertiary/aromatic N) is 2. The van der Waals surface area contributed by atoms with Crippen LogP contribution in [0, 0.1) is 0 Å². The molecule has 0 bridgehead atoms. The second-order valence-electron chi connectivity index (χ2n) is 4.88. The van der Waals surface area contributed by atoms with E-state index in [9.17, 15) is 0 Å². The molecular weight excluding hydrogens is 270 g/mol. The Bertz CT molecular complexity index is 362. The molecule has 0 aliphatic carbocycles. The van der Waals surface area contributed by atoms with Crippen LogP contribution in [0.1, 0.15) is 44.2 Å². The minimum Gasteiger partial charge on any atom is -0.383 e. The summed E-state index contributed by atoms with van der Waals surface area (Å²) in [6, 6.07) is 0. The molecule has 0 saturated heterocycles. The summed E-state index contributed by atoms with van der Waals surface area (Å²) in [6.07, 6.45) is 3.34. The predicted octanol–water partition coefficient (Wildman–Crippen LogP) is 3.07. The van der Waals surface area contributed by atoms with Crippen LogP contribution < -0.4 is 10.2 Å². The van der Waals surface area contributed by atoms with E-state index in [-0.39, 0.29) is 0 Å². The smallest absolute Gasteiger partial charge is 0.185 e. The van der Waals surface area contributed by atoms with E-state index in [1.165, 1.54) is 28.5 Å². The third-order valence-corrected chi connectivity index (χ3v) is 4.29. The normalized spacial score (nSPS) is 11.0. The van der Waals surface area contributed by atoms with E-state index in [4.69, 9.17) is 9.72 Å². The maximum Gasteiger partial charge on any atom is 0.185 e. The fourth-order valence-corrected chi connectivity index (χ4v) is 3.31. The highest BCUT2D eigenvalue weighted by atomic mass is 32.1. The monoisotopic (exact) mass is 299 g/mol. The molecule has 0 atom stereocenters. The van der Waals surface area contributed by atoms with Gasteiger partial charge in [-0.3, -0.25) is 0 Å². The average molecular weight is 299 g/mol. The van der Waals surface area contributed by atoms with Crippen LogP contribution in [0.5, 0.6) is 0 Å². The van der Waals surface area contributed by atoms with E-state index >= 15 is 0 Å². The Hall–Kier alpha value is -0.650. The number of nitrogens with one attached hydrogen (secondary N) is 1. The number of hydrogen-bond donors (Lipinski definition) is 1. The fraction of sp³-hybridized carbons (Fsp3) is 0.800. The molecule has 0 saturated carbocycles. The Labute approximate surface area is 127 Å². The number of thiazole rings is 1. The van der Waals surface area contributed by atoms with Crippen LogP contribution in [0.15, 0.2) is 0 Å². The second kappa shape index (κ2) is 10.1. The number of anilines is 1. The SMILES string of the molecule is CCCN(CCC)c1nc(CC)c(CNCCOC)s1. The summed E-state index contributed by atoms with van der Waals surface area (Å²) in [5, 5.41) is 4.61. The van der Waals surface area contributed by atoms with Gasteiger partial charge in [-0.05, 0) is 19.3 Å². The van der Waals surface area contributed by atoms with Crippen molar-refractivity contribution in [3.8, 4) is 0 Å². The Morgan fingerprint density at radius 1 is 1.20 bits per heavy atom. The molecular formula is C15H29N3OS. The molecule has 20 heavy (non-hydrogen) atoms. The summed E-state index contributed by atoms with van der Waals surface area (Å²) in [5.74, 6) is 0. The van der Waals surface area contributed by atoms with Gasteiger partial charge in [-0.15, -0.1) is 11.3 Å². The van der Waals surface area contributed by atoms with Crippen molar-refractivity contribution in [1.29, 1.82) is 0 Å². The largest absolute Gasteiger partial charge is 0.383 e. The number of aryl methyl sites for hydroxylation is 1. The number of rotatable bonds is 11. The first-order valence-corrected chi connectivity index (χ1v) is 8.51. The first-order chi connectivity index (χ1) is 9.76. The molecule has 0 radical (unpaired) electrons. The highest BCUT2D eigenvalue weighted by molar-refractivity contribution is 7.15. The van der Waals surface area contributed by atoms with E-state index in [2.05, 4.69) is 31.0 Å². The van der Waals surface area contributed by atoms with Gasteiger partial charge >= 0.3 is 0 Å². The maximum atomic E-state index is 5.06. The van der Waals surface area contributed by atoms with Gasteiger partial charge in [-0.25, -0.2) is 4.98 Å². The van der Waals surface area contributed by atoms with Gasteiger partial charge in [0, 0.05) is 38.2 Å². The van der Waals surface area contributed by atoms with Gasteiger partial charge in [0.2, 0.25) is 0 Å². The van der Waals surface area contributed by atoms with Crippen LogP contribution in [0.2, 0.25) is 0 Å². The van der Waals surface area contributed by atoms with Crippen LogP contribution in [0.25, 0.3) is 0 Å². The van der Waals surface area contributed by atoms with E-state index < -0.39 is 0 Å². The summed E-state index contributed by atoms with van der Waals surface area (Å²) in [6.45, 7) is 11.4. The van der Waals surface area contributed by atoms with Crippen molar-refractivity contribution in [3.63, 3.8) is 0 Å². The van der Waals surface area contributed by atoms with Crippen molar-refractivity contribution in [3.05, 3.63) is 10.6 Å². The van der Waals surface area contributed by atoms with Crippen molar-refractivity contribution in [2.24, 2.45) is 0 Å². The average Bonchev–Trinajstić information content (AvgIpc) is 2.86. The second-order valence-corrected chi connectivity index (χ2v) is 5.94. The van der Waals surface area contributed by atoms with E-state index in [1.807, 2.05) is 11.3 Å². The Balaban J connectivity index is 2.70. The highest BCUT2D eigenvalue weighted by Gasteiger charge is 2.14. The van der Waals surface area contributed by atoms with Crippen molar-refractivity contribution in [1.82, 2.24) is 10.3 Å². The molecule has 0 aliphatic rings. The van der Waals surface area contributed by atoms with Gasteiger partial charge in [0.05, 0.1) is 12.3 Å². The zero-order valence-electron chi connectivity index (χ0n) is 13.4. The standard InChI is InChI=1S/C15H29N3OS/c1-5-9-18(10-6-2)15-17-13(7-3)14(20-15)12-16-8-11-19-4/h16H,5-12H2,1-4H3. The van der Waals surface area contributed by atoms with E-state index in [1.54, 1.807) is 7.11 Å². The van der Waals surface area contributed by atoms with Crippen LogP contribution in [-0.2, 0) is 17.7 Å². The summed E-state index contributed by atoms with van der Waals surface area (Å²) >= 11 is 1.84. The molecule has 0 unspecified atom stereocenters. The summed E-state index contributed by atoms with van der Waals surface area (Å²) in [7, 11) is 1.73. The highest BCUT2D eigenvalue weighted by Crippen LogP contribution is 2.27. The molecule has 0 spiro atoms. The van der Waals surface area contributed by atoms with Gasteiger partial charge < -0.3 is 15.0 Å². The summed E-state index contributed by atoms with van der Waals surface area (Å²) < 4.78 is 5.06. The van der Waals surface area contributed by atoms with Gasteiger partial charge in [-0.1, -0.05) is 20.8 Å². The Morgan fingerprint density at radius 3 is 2.45 bits per heavy atom. The lowest BCUT2D eigenvalue weighted by molar-refractivity contribution is 0.199. The first kappa shape index (κ1) is 17.4. The van der Waals surface area contributed by atoms with Crippen molar-refractivity contribution < 1.29 is 4.74 Å². The lowest BCUT2D eigenvalue weighted by Crippen LogP contribution is -2.24. The number of methoxy groups -OCH3 is 1. The van der Waals surface area contributed by atoms with Crippen LogP contribution in [-0.4, -0.2) is 38.3 Å². The third-order valence-electron chi connectivity index (χ3n) is 3.13. The van der Waals surface area contributed by atoms with Gasteiger partial charge in [-0.2, -0.15) is 0 Å². The topological polar surface area (TPSA) is 37.4 Å². The van der Waals surface area contributed by atoms with Gasteiger partial charge in [0.1, 0.15) is 0 Å². The molecule has 116 valence electrons. The maximum absolute atomic E-state index is 5.06. The van der Waals surface area contributed by atoms with Crippen LogP contribution >= 0.6 is 11.3 Å². The van der Waals surface area contributed by atoms with Crippen molar-refractivity contribution >= 4 is 16.5 Å². The molecule has 4 nitrogen and oxygen atoms in total. The molecule has 1 heterocycles. The molecule has 5 heteroatoms. The first-order valence-electron chi connectivity index (χ1n) is 7.69. The van der Waals surface area contributed by atoms with Crippen LogP contribution in [0.4, 0.5) is 5.13 Å². The Kier molecular flexibility index (Phi) is 8.82. The molecule has 1 aromatic heterocycles. The lowest BCUT2D eigenvalue weighted by Gasteiger charge is -2.20. The number of hydrogen-bond acceptors (Lipinski definition) is 5. The number of ether oxygens (including phenoxy) is 1. The number of aromatic nitrogens is 1. The minimum absolute atomic E-state index is 0.755. The zero-order valence-corrected chi connectivity index (χ0v) is 14.2. The summed E-state index contributed by atoms with van der Waals surface area (Å²) in [4.78, 5) is 8.63. The van der Waals surface area contributed by atoms with Crippen LogP contribution in [0.3, 0.4) is 0 Å². The van der Waals surface area contributed by atoms with Gasteiger partial charge in [0.25, 0.3) is 0 Å². The molecule has 0 fully saturated rings. The molecule has 1 N–H and O–H groups in total. The van der Waals surface area contributed by atoms with Crippen molar-refractivity contribution in [2.45, 2.75) is 46.6 Å². The molecule has 0 aliphatic heterocycles. The molecule has 1 rings (SSSR count). The van der Waals surface area contributed by atoms with E-state index in [0.717, 1.165) is 39.2 Å². The third kappa shape index (κ3) is 5.38. The van der Waals surface area contributed by atoms with Gasteiger partial charge in [0.15, 0.2) is 5.13 Å². The van der Waals surface area contributed by atoms with E-state index in [0.29, 0.717) is 0 Å². The zero-order chi connectivity index (χ0) is 14.8. The molecule has 0 amide bonds. The molecule has 1 aromatic rings. The quantitative estimate of drug-likeness (QED) is 0.637. The summed E-state index contributed by atoms with van der Waals surface area (Å²) in [5.41, 5.74) is 1.24. The fourth-order valence-electron chi connectivity index (χ4n) is 2.14. The van der Waals surface area contributed by atoms with Crippen molar-refractivity contribution in [2.75, 3.05) is 38.3 Å². The lowest BCUT2D eigenvalue weighted by atomic mass is 10.3. The predicted molar refractivity (Wildman–Crippen MR) is 87.9 cm³/mol.